The van der Waals surface area contributed by atoms with Gasteiger partial charge < -0.3 is 0 Å². The van der Waals surface area contributed by atoms with E-state index in [0.29, 0.717) is 6.42 Å². The van der Waals surface area contributed by atoms with Crippen molar-refractivity contribution in [1.29, 1.82) is 0 Å². The molecule has 0 saturated carbocycles. The van der Waals surface area contributed by atoms with Crippen LogP contribution in [0.25, 0.3) is 0 Å². The Morgan fingerprint density at radius 1 is 0.833 bits per heavy atom. The van der Waals surface area contributed by atoms with E-state index < -0.39 is 10.0 Å². The molecule has 0 fully saturated rings. The standard InChI is InChI=1S/C14H29NO2S/c1-2-3-4-5-6-7-8-9-10-11-12-13-14-18(15,16)17/h5-6H,2-4,7-14H2,1H3,(H2,15,16,17)/b6-5-. The molecule has 0 aliphatic rings. The van der Waals surface area contributed by atoms with Gasteiger partial charge in [-0.05, 0) is 25.7 Å². The van der Waals surface area contributed by atoms with E-state index >= 15 is 0 Å². The molecule has 3 nitrogen and oxygen atoms in total. The van der Waals surface area contributed by atoms with Gasteiger partial charge in [-0.1, -0.05) is 57.6 Å². The van der Waals surface area contributed by atoms with Crippen molar-refractivity contribution in [2.45, 2.75) is 71.1 Å². The molecule has 0 bridgehead atoms. The summed E-state index contributed by atoms with van der Waals surface area (Å²) in [6.07, 6.45) is 16.0. The molecule has 0 rings (SSSR count). The smallest absolute Gasteiger partial charge is 0.209 e. The van der Waals surface area contributed by atoms with Crippen LogP contribution in [0.4, 0.5) is 0 Å². The van der Waals surface area contributed by atoms with E-state index in [-0.39, 0.29) is 5.75 Å². The first kappa shape index (κ1) is 17.6. The van der Waals surface area contributed by atoms with Crippen molar-refractivity contribution in [1.82, 2.24) is 0 Å². The van der Waals surface area contributed by atoms with Gasteiger partial charge in [0, 0.05) is 0 Å². The van der Waals surface area contributed by atoms with Gasteiger partial charge in [-0.3, -0.25) is 0 Å². The van der Waals surface area contributed by atoms with Gasteiger partial charge in [-0.2, -0.15) is 0 Å². The summed E-state index contributed by atoms with van der Waals surface area (Å²) >= 11 is 0. The van der Waals surface area contributed by atoms with Crippen molar-refractivity contribution in [3.8, 4) is 0 Å². The van der Waals surface area contributed by atoms with Crippen molar-refractivity contribution in [3.05, 3.63) is 12.2 Å². The Hall–Kier alpha value is -0.350. The summed E-state index contributed by atoms with van der Waals surface area (Å²) in [5.41, 5.74) is 0. The Balaban J connectivity index is 3.14. The Morgan fingerprint density at radius 3 is 1.89 bits per heavy atom. The van der Waals surface area contributed by atoms with E-state index in [1.807, 2.05) is 0 Å². The van der Waals surface area contributed by atoms with Crippen LogP contribution in [0.1, 0.15) is 71.1 Å². The van der Waals surface area contributed by atoms with Crippen molar-refractivity contribution in [3.63, 3.8) is 0 Å². The summed E-state index contributed by atoms with van der Waals surface area (Å²) in [5, 5.41) is 4.93. The predicted molar refractivity (Wildman–Crippen MR) is 79.0 cm³/mol. The molecule has 0 atom stereocenters. The number of unbranched alkanes of at least 4 members (excludes halogenated alkanes) is 8. The average Bonchev–Trinajstić information content (AvgIpc) is 2.29. The molecular weight excluding hydrogens is 246 g/mol. The van der Waals surface area contributed by atoms with Crippen LogP contribution in [0.3, 0.4) is 0 Å². The molecule has 108 valence electrons. The lowest BCUT2D eigenvalue weighted by Gasteiger charge is -2.00. The number of allylic oxidation sites excluding steroid dienone is 2. The average molecular weight is 275 g/mol. The summed E-state index contributed by atoms with van der Waals surface area (Å²) in [5.74, 6) is 0.132. The monoisotopic (exact) mass is 275 g/mol. The third-order valence-electron chi connectivity index (χ3n) is 2.94. The van der Waals surface area contributed by atoms with Crippen molar-refractivity contribution >= 4 is 10.0 Å². The third-order valence-corrected chi connectivity index (χ3v) is 3.80. The van der Waals surface area contributed by atoms with Crippen molar-refractivity contribution in [2.75, 3.05) is 5.75 Å². The number of hydrogen-bond acceptors (Lipinski definition) is 2. The molecule has 0 aromatic carbocycles. The Bertz CT molecular complexity index is 297. The summed E-state index contributed by atoms with van der Waals surface area (Å²) in [7, 11) is -3.25. The van der Waals surface area contributed by atoms with E-state index in [2.05, 4.69) is 19.1 Å². The zero-order valence-electron chi connectivity index (χ0n) is 11.7. The zero-order valence-corrected chi connectivity index (χ0v) is 12.6. The van der Waals surface area contributed by atoms with Gasteiger partial charge in [-0.15, -0.1) is 0 Å². The van der Waals surface area contributed by atoms with Crippen LogP contribution >= 0.6 is 0 Å². The molecular formula is C14H29NO2S. The van der Waals surface area contributed by atoms with Crippen LogP contribution in [-0.2, 0) is 10.0 Å². The fourth-order valence-electron chi connectivity index (χ4n) is 1.83. The summed E-state index contributed by atoms with van der Waals surface area (Å²) in [6, 6.07) is 0. The highest BCUT2D eigenvalue weighted by molar-refractivity contribution is 7.89. The van der Waals surface area contributed by atoms with Crippen LogP contribution in [0.15, 0.2) is 12.2 Å². The normalized spacial score (nSPS) is 12.3. The van der Waals surface area contributed by atoms with Crippen molar-refractivity contribution < 1.29 is 8.42 Å². The minimum atomic E-state index is -3.25. The minimum Gasteiger partial charge on any atom is -0.229 e. The van der Waals surface area contributed by atoms with E-state index in [4.69, 9.17) is 5.14 Å². The largest absolute Gasteiger partial charge is 0.229 e. The highest BCUT2D eigenvalue weighted by Gasteiger charge is 2.00. The maximum Gasteiger partial charge on any atom is 0.209 e. The molecule has 0 aromatic heterocycles. The summed E-state index contributed by atoms with van der Waals surface area (Å²) < 4.78 is 21.4. The van der Waals surface area contributed by atoms with E-state index in [9.17, 15) is 8.42 Å². The Labute approximate surface area is 113 Å². The molecule has 0 radical (unpaired) electrons. The lowest BCUT2D eigenvalue weighted by atomic mass is 10.1. The molecule has 0 unspecified atom stereocenters. The Kier molecular flexibility index (Phi) is 11.5. The fraction of sp³-hybridized carbons (Fsp3) is 0.857. The highest BCUT2D eigenvalue weighted by Crippen LogP contribution is 2.08. The van der Waals surface area contributed by atoms with Gasteiger partial charge in [0.05, 0.1) is 5.75 Å². The van der Waals surface area contributed by atoms with E-state index in [0.717, 1.165) is 12.8 Å². The fourth-order valence-corrected chi connectivity index (χ4v) is 2.44. The first-order chi connectivity index (χ1) is 8.56. The van der Waals surface area contributed by atoms with Crippen LogP contribution in [-0.4, -0.2) is 14.2 Å². The van der Waals surface area contributed by atoms with Crippen molar-refractivity contribution in [2.24, 2.45) is 5.14 Å². The number of rotatable bonds is 12. The first-order valence-corrected chi connectivity index (χ1v) is 8.93. The zero-order chi connectivity index (χ0) is 13.7. The molecule has 0 amide bonds. The second kappa shape index (κ2) is 11.7. The minimum absolute atomic E-state index is 0.132. The van der Waals surface area contributed by atoms with Crippen LogP contribution in [0, 0.1) is 0 Å². The summed E-state index contributed by atoms with van der Waals surface area (Å²) in [6.45, 7) is 2.21. The molecule has 4 heteroatoms. The maximum absolute atomic E-state index is 10.7. The van der Waals surface area contributed by atoms with Gasteiger partial charge in [0.25, 0.3) is 0 Å². The number of nitrogens with two attached hydrogens (primary N) is 1. The molecule has 0 heterocycles. The molecule has 18 heavy (non-hydrogen) atoms. The molecule has 0 aromatic rings. The second-order valence-electron chi connectivity index (χ2n) is 4.89. The van der Waals surface area contributed by atoms with Crippen LogP contribution in [0.2, 0.25) is 0 Å². The number of sulfonamides is 1. The van der Waals surface area contributed by atoms with Gasteiger partial charge in [-0.25, -0.2) is 13.6 Å². The highest BCUT2D eigenvalue weighted by atomic mass is 32.2. The summed E-state index contributed by atoms with van der Waals surface area (Å²) in [4.78, 5) is 0. The lowest BCUT2D eigenvalue weighted by molar-refractivity contribution is 0.582. The first-order valence-electron chi connectivity index (χ1n) is 7.21. The van der Waals surface area contributed by atoms with E-state index in [1.165, 1.54) is 44.9 Å². The topological polar surface area (TPSA) is 60.2 Å². The second-order valence-corrected chi connectivity index (χ2v) is 6.62. The lowest BCUT2D eigenvalue weighted by Crippen LogP contribution is -2.16. The van der Waals surface area contributed by atoms with Gasteiger partial charge >= 0.3 is 0 Å². The number of hydrogen-bond donors (Lipinski definition) is 1. The maximum atomic E-state index is 10.7. The van der Waals surface area contributed by atoms with Crippen LogP contribution < -0.4 is 5.14 Å². The SMILES string of the molecule is CCCC/C=C\CCCCCCCCS(N)(=O)=O. The Morgan fingerprint density at radius 2 is 1.33 bits per heavy atom. The predicted octanol–water partition coefficient (Wildman–Crippen LogP) is 3.75. The molecule has 0 aliphatic heterocycles. The molecule has 0 aliphatic carbocycles. The van der Waals surface area contributed by atoms with Gasteiger partial charge in [0.1, 0.15) is 0 Å². The molecule has 0 saturated heterocycles. The van der Waals surface area contributed by atoms with Crippen LogP contribution in [0.5, 0.6) is 0 Å². The van der Waals surface area contributed by atoms with E-state index in [1.54, 1.807) is 0 Å². The molecule has 2 N–H and O–H groups in total. The number of primary sulfonamides is 1. The third kappa shape index (κ3) is 15.6. The quantitative estimate of drug-likeness (QED) is 0.435. The van der Waals surface area contributed by atoms with Gasteiger partial charge in [0.15, 0.2) is 0 Å². The van der Waals surface area contributed by atoms with Gasteiger partial charge in [0.2, 0.25) is 10.0 Å². The molecule has 0 spiro atoms.